The summed E-state index contributed by atoms with van der Waals surface area (Å²) in [4.78, 5) is 13.7. The molecule has 92 valence electrons. The van der Waals surface area contributed by atoms with Crippen LogP contribution in [0.4, 0.5) is 5.69 Å². The number of anilines is 1. The number of hydrogen-bond acceptors (Lipinski definition) is 3. The number of para-hydroxylation sites is 1. The van der Waals surface area contributed by atoms with Gasteiger partial charge in [-0.2, -0.15) is 0 Å². The van der Waals surface area contributed by atoms with Crippen LogP contribution >= 0.6 is 0 Å². The second-order valence-corrected chi connectivity index (χ2v) is 4.20. The van der Waals surface area contributed by atoms with Crippen LogP contribution in [0.2, 0.25) is 0 Å². The Kier molecular flexibility index (Phi) is 4.12. The first-order valence-corrected chi connectivity index (χ1v) is 5.89. The number of amides is 1. The molecule has 4 nitrogen and oxygen atoms in total. The van der Waals surface area contributed by atoms with Gasteiger partial charge in [0.1, 0.15) is 0 Å². The standard InChI is InChI=1S/C13H18N2O2/c1-17-8-7-11-10-15(13(16)9-14-11)12-5-3-2-4-6-12/h2-6,11,14H,7-10H2,1H3/t11-/m0/s1. The molecule has 0 bridgehead atoms. The summed E-state index contributed by atoms with van der Waals surface area (Å²) in [5.74, 6) is 0.130. The summed E-state index contributed by atoms with van der Waals surface area (Å²) in [5, 5.41) is 3.23. The number of hydrogen-bond donors (Lipinski definition) is 1. The molecule has 0 aromatic heterocycles. The third-order valence-electron chi connectivity index (χ3n) is 2.98. The van der Waals surface area contributed by atoms with Crippen LogP contribution in [0, 0.1) is 0 Å². The minimum atomic E-state index is 0.130. The number of benzene rings is 1. The molecule has 1 fully saturated rings. The van der Waals surface area contributed by atoms with Crippen LogP contribution < -0.4 is 10.2 Å². The van der Waals surface area contributed by atoms with Gasteiger partial charge in [-0.1, -0.05) is 18.2 Å². The number of piperazine rings is 1. The maximum absolute atomic E-state index is 11.8. The third kappa shape index (κ3) is 3.05. The molecule has 1 aromatic carbocycles. The molecule has 1 heterocycles. The first-order valence-electron chi connectivity index (χ1n) is 5.89. The van der Waals surface area contributed by atoms with Crippen LogP contribution in [0.5, 0.6) is 0 Å². The second kappa shape index (κ2) is 5.80. The molecule has 0 unspecified atom stereocenters. The molecule has 1 amide bonds. The van der Waals surface area contributed by atoms with E-state index in [4.69, 9.17) is 4.74 Å². The van der Waals surface area contributed by atoms with Crippen LogP contribution in [0.15, 0.2) is 30.3 Å². The molecular formula is C13H18N2O2. The van der Waals surface area contributed by atoms with E-state index in [1.54, 1.807) is 7.11 Å². The van der Waals surface area contributed by atoms with Gasteiger partial charge < -0.3 is 15.0 Å². The van der Waals surface area contributed by atoms with E-state index in [-0.39, 0.29) is 5.91 Å². The van der Waals surface area contributed by atoms with Crippen molar-refractivity contribution >= 4 is 11.6 Å². The van der Waals surface area contributed by atoms with Crippen LogP contribution in [0.1, 0.15) is 6.42 Å². The molecule has 1 aromatic rings. The van der Waals surface area contributed by atoms with Gasteiger partial charge in [0.25, 0.3) is 0 Å². The lowest BCUT2D eigenvalue weighted by molar-refractivity contribution is -0.119. The Morgan fingerprint density at radius 1 is 1.41 bits per heavy atom. The Hall–Kier alpha value is -1.39. The van der Waals surface area contributed by atoms with E-state index in [9.17, 15) is 4.79 Å². The van der Waals surface area contributed by atoms with Gasteiger partial charge in [-0.3, -0.25) is 4.79 Å². The van der Waals surface area contributed by atoms with Crippen LogP contribution in [-0.4, -0.2) is 38.8 Å². The van der Waals surface area contributed by atoms with Crippen molar-refractivity contribution in [3.8, 4) is 0 Å². The molecule has 4 heteroatoms. The van der Waals surface area contributed by atoms with Crippen LogP contribution in [-0.2, 0) is 9.53 Å². The molecule has 0 aliphatic carbocycles. The van der Waals surface area contributed by atoms with Crippen molar-refractivity contribution in [1.29, 1.82) is 0 Å². The zero-order chi connectivity index (χ0) is 12.1. The number of ether oxygens (including phenoxy) is 1. The van der Waals surface area contributed by atoms with E-state index >= 15 is 0 Å². The van der Waals surface area contributed by atoms with Gasteiger partial charge in [0.05, 0.1) is 6.54 Å². The lowest BCUT2D eigenvalue weighted by Crippen LogP contribution is -2.54. The molecular weight excluding hydrogens is 216 g/mol. The van der Waals surface area contributed by atoms with Gasteiger partial charge in [0.2, 0.25) is 5.91 Å². The Bertz CT molecular complexity index is 367. The summed E-state index contributed by atoms with van der Waals surface area (Å²) in [5.41, 5.74) is 0.974. The molecule has 1 saturated heterocycles. The highest BCUT2D eigenvalue weighted by atomic mass is 16.5. The van der Waals surface area contributed by atoms with Crippen molar-refractivity contribution in [3.63, 3.8) is 0 Å². The Balaban J connectivity index is 2.02. The highest BCUT2D eigenvalue weighted by Crippen LogP contribution is 2.16. The van der Waals surface area contributed by atoms with E-state index in [0.29, 0.717) is 25.7 Å². The smallest absolute Gasteiger partial charge is 0.240 e. The normalized spacial score (nSPS) is 20.6. The molecule has 2 rings (SSSR count). The number of carbonyl (C=O) groups excluding carboxylic acids is 1. The van der Waals surface area contributed by atoms with Gasteiger partial charge in [-0.15, -0.1) is 0 Å². The SMILES string of the molecule is COCC[C@H]1CN(c2ccccc2)C(=O)CN1. The van der Waals surface area contributed by atoms with Gasteiger partial charge in [-0.05, 0) is 18.6 Å². The Morgan fingerprint density at radius 2 is 2.18 bits per heavy atom. The quantitative estimate of drug-likeness (QED) is 0.846. The second-order valence-electron chi connectivity index (χ2n) is 4.20. The zero-order valence-corrected chi connectivity index (χ0v) is 10.1. The largest absolute Gasteiger partial charge is 0.385 e. The van der Waals surface area contributed by atoms with E-state index in [1.165, 1.54) is 0 Å². The van der Waals surface area contributed by atoms with Gasteiger partial charge in [0, 0.05) is 32.0 Å². The summed E-state index contributed by atoms with van der Waals surface area (Å²) in [7, 11) is 1.70. The van der Waals surface area contributed by atoms with Crippen molar-refractivity contribution in [3.05, 3.63) is 30.3 Å². The van der Waals surface area contributed by atoms with Crippen molar-refractivity contribution in [2.75, 3.05) is 31.7 Å². The molecule has 1 N–H and O–H groups in total. The highest BCUT2D eigenvalue weighted by Gasteiger charge is 2.25. The Labute approximate surface area is 102 Å². The van der Waals surface area contributed by atoms with E-state index in [2.05, 4.69) is 5.32 Å². The predicted molar refractivity (Wildman–Crippen MR) is 67.1 cm³/mol. The molecule has 17 heavy (non-hydrogen) atoms. The average Bonchev–Trinajstić information content (AvgIpc) is 2.39. The number of methoxy groups -OCH3 is 1. The first-order chi connectivity index (χ1) is 8.31. The summed E-state index contributed by atoms with van der Waals surface area (Å²) in [6, 6.07) is 10.1. The molecule has 0 spiro atoms. The van der Waals surface area contributed by atoms with Gasteiger partial charge >= 0.3 is 0 Å². The van der Waals surface area contributed by atoms with Crippen LogP contribution in [0.25, 0.3) is 0 Å². The van der Waals surface area contributed by atoms with Crippen LogP contribution in [0.3, 0.4) is 0 Å². The van der Waals surface area contributed by atoms with Crippen molar-refractivity contribution in [2.24, 2.45) is 0 Å². The fourth-order valence-corrected chi connectivity index (χ4v) is 2.02. The molecule has 0 saturated carbocycles. The molecule has 1 aliphatic rings. The van der Waals surface area contributed by atoms with Crippen molar-refractivity contribution in [2.45, 2.75) is 12.5 Å². The minimum Gasteiger partial charge on any atom is -0.385 e. The average molecular weight is 234 g/mol. The lowest BCUT2D eigenvalue weighted by Gasteiger charge is -2.33. The topological polar surface area (TPSA) is 41.6 Å². The minimum absolute atomic E-state index is 0.130. The third-order valence-corrected chi connectivity index (χ3v) is 2.98. The monoisotopic (exact) mass is 234 g/mol. The number of nitrogens with zero attached hydrogens (tertiary/aromatic N) is 1. The lowest BCUT2D eigenvalue weighted by atomic mass is 10.1. The summed E-state index contributed by atoms with van der Waals surface area (Å²) in [6.07, 6.45) is 0.924. The molecule has 1 aliphatic heterocycles. The van der Waals surface area contributed by atoms with E-state index < -0.39 is 0 Å². The van der Waals surface area contributed by atoms with E-state index in [0.717, 1.165) is 12.1 Å². The van der Waals surface area contributed by atoms with E-state index in [1.807, 2.05) is 35.2 Å². The fourth-order valence-electron chi connectivity index (χ4n) is 2.02. The van der Waals surface area contributed by atoms with Crippen molar-refractivity contribution < 1.29 is 9.53 Å². The summed E-state index contributed by atoms with van der Waals surface area (Å²) >= 11 is 0. The van der Waals surface area contributed by atoms with Crippen molar-refractivity contribution in [1.82, 2.24) is 5.32 Å². The summed E-state index contributed by atoms with van der Waals surface area (Å²) in [6.45, 7) is 1.84. The fraction of sp³-hybridized carbons (Fsp3) is 0.462. The first kappa shape index (κ1) is 12.1. The van der Waals surface area contributed by atoms with Gasteiger partial charge in [0.15, 0.2) is 0 Å². The molecule has 0 radical (unpaired) electrons. The predicted octanol–water partition coefficient (Wildman–Crippen LogP) is 1.03. The Morgan fingerprint density at radius 3 is 2.88 bits per heavy atom. The zero-order valence-electron chi connectivity index (χ0n) is 10.1. The number of rotatable bonds is 4. The number of nitrogens with one attached hydrogen (secondary N) is 1. The summed E-state index contributed by atoms with van der Waals surface area (Å²) < 4.78 is 5.07. The highest BCUT2D eigenvalue weighted by molar-refractivity contribution is 5.95. The van der Waals surface area contributed by atoms with Gasteiger partial charge in [-0.25, -0.2) is 0 Å². The maximum atomic E-state index is 11.8. The number of carbonyl (C=O) groups is 1. The maximum Gasteiger partial charge on any atom is 0.240 e. The molecule has 1 atom stereocenters.